The zero-order valence-corrected chi connectivity index (χ0v) is 12.9. The fourth-order valence-corrected chi connectivity index (χ4v) is 3.80. The van der Waals surface area contributed by atoms with Crippen molar-refractivity contribution in [2.24, 2.45) is 10.8 Å². The fraction of sp³-hybridized carbons (Fsp3) is 0.562. The van der Waals surface area contributed by atoms with Crippen LogP contribution in [-0.4, -0.2) is 19.1 Å². The molecule has 1 aromatic carbocycles. The molecule has 1 aliphatic carbocycles. The van der Waals surface area contributed by atoms with E-state index < -0.39 is 6.98 Å². The van der Waals surface area contributed by atoms with E-state index in [2.05, 4.69) is 10.2 Å². The van der Waals surface area contributed by atoms with Crippen molar-refractivity contribution in [3.05, 3.63) is 34.6 Å². The Morgan fingerprint density at radius 1 is 1.35 bits per heavy atom. The first-order valence-corrected chi connectivity index (χ1v) is 6.89. The summed E-state index contributed by atoms with van der Waals surface area (Å²) in [5.41, 5.74) is -0.334. The number of rotatable bonds is 3. The van der Waals surface area contributed by atoms with E-state index in [0.29, 0.717) is 16.5 Å². The number of halogens is 1. The second kappa shape index (κ2) is 4.95. The molecule has 0 aliphatic heterocycles. The molecule has 0 atom stereocenters. The summed E-state index contributed by atoms with van der Waals surface area (Å²) in [6.07, 6.45) is -0.176. The Morgan fingerprint density at radius 3 is 2.50 bits per heavy atom. The quantitative estimate of drug-likeness (QED) is 0.842. The third-order valence-electron chi connectivity index (χ3n) is 4.28. The van der Waals surface area contributed by atoms with Gasteiger partial charge in [0.25, 0.3) is 0 Å². The highest BCUT2D eigenvalue weighted by atomic mass is 35.5. The molecule has 0 bridgehead atoms. The molecule has 0 heterocycles. The van der Waals surface area contributed by atoms with Crippen LogP contribution in [0.15, 0.2) is 18.2 Å². The molecule has 1 saturated carbocycles. The van der Waals surface area contributed by atoms with Gasteiger partial charge in [0.15, 0.2) is 0 Å². The Kier molecular flexibility index (Phi) is 2.82. The molecule has 0 aromatic heterocycles. The van der Waals surface area contributed by atoms with Crippen LogP contribution in [0.25, 0.3) is 4.85 Å². The van der Waals surface area contributed by atoms with E-state index in [0.717, 1.165) is 0 Å². The molecule has 0 amide bonds. The lowest BCUT2D eigenvalue weighted by atomic mass is 9.49. The summed E-state index contributed by atoms with van der Waals surface area (Å²) in [4.78, 5) is 3.32. The summed E-state index contributed by atoms with van der Waals surface area (Å²) in [5.74, 6) is 0.584. The smallest absolute Gasteiger partial charge is 0.205 e. The van der Waals surface area contributed by atoms with E-state index in [1.54, 1.807) is 18.2 Å². The molecule has 1 N–H and O–H groups in total. The fourth-order valence-electron chi connectivity index (χ4n) is 3.59. The van der Waals surface area contributed by atoms with Crippen LogP contribution in [0.1, 0.15) is 31.8 Å². The van der Waals surface area contributed by atoms with Crippen LogP contribution in [-0.2, 0) is 0 Å². The van der Waals surface area contributed by atoms with E-state index >= 15 is 0 Å². The van der Waals surface area contributed by atoms with Crippen LogP contribution in [0.4, 0.5) is 5.69 Å². The highest BCUT2D eigenvalue weighted by Crippen LogP contribution is 2.55. The minimum absolute atomic E-state index is 0.176. The number of ether oxygens (including phenoxy) is 1. The summed E-state index contributed by atoms with van der Waals surface area (Å²) < 4.78 is 28.4. The van der Waals surface area contributed by atoms with Crippen molar-refractivity contribution in [2.45, 2.75) is 39.8 Å². The molecule has 4 heteroatoms. The van der Waals surface area contributed by atoms with E-state index in [1.165, 1.54) is 0 Å². The van der Waals surface area contributed by atoms with Gasteiger partial charge in [-0.3, -0.25) is 0 Å². The van der Waals surface area contributed by atoms with Crippen LogP contribution < -0.4 is 10.1 Å². The average molecular weight is 296 g/mol. The first-order valence-electron chi connectivity index (χ1n) is 8.01. The lowest BCUT2D eigenvalue weighted by molar-refractivity contribution is -0.166. The van der Waals surface area contributed by atoms with Gasteiger partial charge >= 0.3 is 0 Å². The Balaban J connectivity index is 2.21. The molecular weight excluding hydrogens is 272 g/mol. The van der Waals surface area contributed by atoms with Gasteiger partial charge in [-0.2, -0.15) is 0 Å². The van der Waals surface area contributed by atoms with Crippen molar-refractivity contribution >= 4 is 17.3 Å². The second-order valence-electron chi connectivity index (χ2n) is 6.44. The van der Waals surface area contributed by atoms with Gasteiger partial charge in [-0.05, 0) is 19.1 Å². The van der Waals surface area contributed by atoms with Crippen molar-refractivity contribution in [2.75, 3.05) is 6.98 Å². The second-order valence-corrected chi connectivity index (χ2v) is 6.85. The molecule has 0 spiro atoms. The Hall–Kier alpha value is -1.24. The van der Waals surface area contributed by atoms with Crippen LogP contribution >= 0.6 is 11.6 Å². The molecule has 0 unspecified atom stereocenters. The molecule has 108 valence electrons. The van der Waals surface area contributed by atoms with Gasteiger partial charge in [0.05, 0.1) is 11.6 Å². The lowest BCUT2D eigenvalue weighted by Gasteiger charge is -2.63. The maximum Gasteiger partial charge on any atom is 0.205 e. The normalized spacial score (nSPS) is 29.3. The average Bonchev–Trinajstić information content (AvgIpc) is 2.41. The van der Waals surface area contributed by atoms with Crippen molar-refractivity contribution < 1.29 is 8.85 Å². The van der Waals surface area contributed by atoms with Gasteiger partial charge in [-0.25, -0.2) is 4.85 Å². The summed E-state index contributed by atoms with van der Waals surface area (Å²) in [5, 5.41) is 3.09. The van der Waals surface area contributed by atoms with Crippen molar-refractivity contribution in [1.82, 2.24) is 5.32 Å². The monoisotopic (exact) mass is 295 g/mol. The van der Waals surface area contributed by atoms with E-state index in [1.807, 2.05) is 27.7 Å². The highest BCUT2D eigenvalue weighted by Gasteiger charge is 2.62. The zero-order chi connectivity index (χ0) is 17.6. The van der Waals surface area contributed by atoms with Gasteiger partial charge < -0.3 is 10.1 Å². The number of hydrogen-bond acceptors (Lipinski definition) is 2. The largest absolute Gasteiger partial charge is 0.489 e. The lowest BCUT2D eigenvalue weighted by Crippen LogP contribution is -2.73. The molecule has 20 heavy (non-hydrogen) atoms. The summed E-state index contributed by atoms with van der Waals surface area (Å²) in [6.45, 7) is 12.8. The zero-order valence-electron chi connectivity index (χ0n) is 15.1. The number of benzene rings is 1. The Bertz CT molecular complexity index is 634. The third kappa shape index (κ3) is 2.17. The van der Waals surface area contributed by atoms with Gasteiger partial charge in [-0.15, -0.1) is 0 Å². The van der Waals surface area contributed by atoms with Crippen molar-refractivity contribution in [3.63, 3.8) is 0 Å². The summed E-state index contributed by atoms with van der Waals surface area (Å²) in [6, 6.07) is 4.77. The Morgan fingerprint density at radius 2 is 2.00 bits per heavy atom. The standard InChI is InChI=1S/C16H21ClN2O/c1-15(2)13(19-6)16(3,4)14(15)20-10-7-8-12(18-5)11(17)9-10/h7-9,13-14,19H,1-4,6H3/i6D3. The predicted octanol–water partition coefficient (Wildman–Crippen LogP) is 4.29. The van der Waals surface area contributed by atoms with Crippen molar-refractivity contribution in [3.8, 4) is 5.75 Å². The number of nitrogens with one attached hydrogen (secondary N) is 1. The molecule has 1 aromatic rings. The number of hydrogen-bond donors (Lipinski definition) is 1. The van der Waals surface area contributed by atoms with Crippen molar-refractivity contribution in [1.29, 1.82) is 0 Å². The van der Waals surface area contributed by atoms with Gasteiger partial charge in [0, 0.05) is 21.0 Å². The molecule has 2 rings (SSSR count). The van der Waals surface area contributed by atoms with Gasteiger partial charge in [0.1, 0.15) is 11.9 Å². The van der Waals surface area contributed by atoms with Gasteiger partial charge in [0.2, 0.25) is 5.69 Å². The molecule has 0 radical (unpaired) electrons. The molecule has 3 nitrogen and oxygen atoms in total. The maximum atomic E-state index is 7.45. The summed E-state index contributed by atoms with van der Waals surface area (Å²) >= 11 is 6.05. The number of nitrogens with zero attached hydrogens (tertiary/aromatic N) is 1. The molecule has 0 saturated heterocycles. The third-order valence-corrected chi connectivity index (χ3v) is 4.58. The van der Waals surface area contributed by atoms with Crippen LogP contribution in [0.2, 0.25) is 5.02 Å². The minimum Gasteiger partial charge on any atom is -0.489 e. The molecule has 1 fully saturated rings. The summed E-state index contributed by atoms with van der Waals surface area (Å²) in [7, 11) is 0. The molecule has 1 aliphatic rings. The molecular formula is C16H21ClN2O. The first kappa shape index (κ1) is 11.4. The highest BCUT2D eigenvalue weighted by molar-refractivity contribution is 6.33. The van der Waals surface area contributed by atoms with Crippen LogP contribution in [0.5, 0.6) is 5.75 Å². The topological polar surface area (TPSA) is 25.6 Å². The van der Waals surface area contributed by atoms with Gasteiger partial charge in [-0.1, -0.05) is 45.4 Å². The first-order chi connectivity index (χ1) is 10.4. The maximum absolute atomic E-state index is 7.45. The van der Waals surface area contributed by atoms with Crippen LogP contribution in [0.3, 0.4) is 0 Å². The predicted molar refractivity (Wildman–Crippen MR) is 82.5 cm³/mol. The van der Waals surface area contributed by atoms with E-state index in [-0.39, 0.29) is 23.0 Å². The Labute approximate surface area is 130 Å². The van der Waals surface area contributed by atoms with E-state index in [9.17, 15) is 0 Å². The van der Waals surface area contributed by atoms with Crippen LogP contribution in [0, 0.1) is 17.4 Å². The van der Waals surface area contributed by atoms with E-state index in [4.69, 9.17) is 27.0 Å². The minimum atomic E-state index is -2.19. The SMILES string of the molecule is [2H]C([2H])([2H])NC1C(C)(C)C(Oc2ccc([N+]#[C-])c(Cl)c2)C1(C)C.